The SMILES string of the molecule is Cc1cccc(-c2noc(-c3ccccc3NC=C3C(=O)OC(C)(C)OC3=O)n2)c1. The smallest absolute Gasteiger partial charge is 0.350 e. The van der Waals surface area contributed by atoms with Gasteiger partial charge < -0.3 is 19.3 Å². The van der Waals surface area contributed by atoms with Gasteiger partial charge in [-0.05, 0) is 25.1 Å². The molecule has 0 spiro atoms. The summed E-state index contributed by atoms with van der Waals surface area (Å²) >= 11 is 0. The van der Waals surface area contributed by atoms with Crippen LogP contribution < -0.4 is 5.32 Å². The lowest BCUT2D eigenvalue weighted by molar-refractivity contribution is -0.222. The number of hydrogen-bond acceptors (Lipinski definition) is 8. The molecule has 0 radical (unpaired) electrons. The molecular weight excluding hydrogens is 386 g/mol. The standard InChI is InChI=1S/C22H19N3O5/c1-13-7-6-8-14(11-13)18-24-19(30-25-18)15-9-4-5-10-17(15)23-12-16-20(26)28-22(2,3)29-21(16)27/h4-12,23H,1-3H3. The first-order valence-electron chi connectivity index (χ1n) is 9.26. The lowest BCUT2D eigenvalue weighted by Gasteiger charge is -2.29. The Kier molecular flexibility index (Phi) is 4.83. The normalized spacial score (nSPS) is 15.4. The first kappa shape index (κ1) is 19.4. The van der Waals surface area contributed by atoms with Crippen molar-refractivity contribution in [1.82, 2.24) is 10.1 Å². The Hall–Kier alpha value is -3.94. The Labute approximate surface area is 172 Å². The number of ether oxygens (including phenoxy) is 2. The van der Waals surface area contributed by atoms with Crippen LogP contribution in [0.3, 0.4) is 0 Å². The van der Waals surface area contributed by atoms with Crippen LogP contribution in [0.1, 0.15) is 19.4 Å². The van der Waals surface area contributed by atoms with E-state index in [1.165, 1.54) is 20.0 Å². The molecule has 152 valence electrons. The van der Waals surface area contributed by atoms with Gasteiger partial charge in [0.25, 0.3) is 11.7 Å². The second-order valence-electron chi connectivity index (χ2n) is 7.22. The monoisotopic (exact) mass is 405 g/mol. The average Bonchev–Trinajstić information content (AvgIpc) is 3.17. The number of carbonyl (C=O) groups excluding carboxylic acids is 2. The van der Waals surface area contributed by atoms with E-state index >= 15 is 0 Å². The minimum absolute atomic E-state index is 0.241. The number of nitrogens with one attached hydrogen (secondary N) is 1. The van der Waals surface area contributed by atoms with Crippen molar-refractivity contribution in [2.24, 2.45) is 0 Å². The molecule has 8 nitrogen and oxygen atoms in total. The zero-order chi connectivity index (χ0) is 21.3. The fourth-order valence-electron chi connectivity index (χ4n) is 2.96. The van der Waals surface area contributed by atoms with Crippen LogP contribution in [0.4, 0.5) is 5.69 Å². The highest BCUT2D eigenvalue weighted by molar-refractivity contribution is 6.15. The summed E-state index contributed by atoms with van der Waals surface area (Å²) in [7, 11) is 0. The second kappa shape index (κ2) is 7.47. The van der Waals surface area contributed by atoms with E-state index in [2.05, 4.69) is 15.5 Å². The van der Waals surface area contributed by atoms with Crippen molar-refractivity contribution >= 4 is 17.6 Å². The molecule has 1 aromatic heterocycles. The number of benzene rings is 2. The van der Waals surface area contributed by atoms with Gasteiger partial charge in [-0.3, -0.25) is 0 Å². The minimum atomic E-state index is -1.29. The van der Waals surface area contributed by atoms with Crippen molar-refractivity contribution in [3.05, 3.63) is 65.9 Å². The first-order chi connectivity index (χ1) is 14.3. The zero-order valence-electron chi connectivity index (χ0n) is 16.6. The summed E-state index contributed by atoms with van der Waals surface area (Å²) in [4.78, 5) is 28.7. The van der Waals surface area contributed by atoms with E-state index in [0.29, 0.717) is 23.0 Å². The van der Waals surface area contributed by atoms with Gasteiger partial charge in [0.1, 0.15) is 0 Å². The summed E-state index contributed by atoms with van der Waals surface area (Å²) < 4.78 is 15.6. The molecule has 0 aliphatic carbocycles. The highest BCUT2D eigenvalue weighted by Gasteiger charge is 2.39. The molecule has 0 unspecified atom stereocenters. The number of hydrogen-bond donors (Lipinski definition) is 1. The van der Waals surface area contributed by atoms with Gasteiger partial charge in [-0.2, -0.15) is 4.98 Å². The van der Waals surface area contributed by atoms with Crippen LogP contribution in [-0.2, 0) is 19.1 Å². The molecule has 1 aliphatic heterocycles. The Balaban J connectivity index is 1.61. The summed E-state index contributed by atoms with van der Waals surface area (Å²) in [6, 6.07) is 14.9. The van der Waals surface area contributed by atoms with Crippen LogP contribution in [0.15, 0.2) is 64.8 Å². The van der Waals surface area contributed by atoms with E-state index in [1.807, 2.05) is 37.3 Å². The molecule has 0 bridgehead atoms. The van der Waals surface area contributed by atoms with Gasteiger partial charge in [0.2, 0.25) is 5.82 Å². The first-order valence-corrected chi connectivity index (χ1v) is 9.26. The number of aryl methyl sites for hydroxylation is 1. The molecule has 0 saturated carbocycles. The fourth-order valence-corrected chi connectivity index (χ4v) is 2.96. The third-order valence-electron chi connectivity index (χ3n) is 4.35. The average molecular weight is 405 g/mol. The van der Waals surface area contributed by atoms with Crippen LogP contribution in [-0.4, -0.2) is 27.9 Å². The number of rotatable bonds is 4. The molecule has 1 fully saturated rings. The van der Waals surface area contributed by atoms with E-state index in [0.717, 1.165) is 11.1 Å². The molecule has 3 aromatic rings. The molecule has 4 rings (SSSR count). The van der Waals surface area contributed by atoms with E-state index < -0.39 is 17.7 Å². The van der Waals surface area contributed by atoms with Gasteiger partial charge in [-0.25, -0.2) is 9.59 Å². The van der Waals surface area contributed by atoms with Crippen molar-refractivity contribution in [2.45, 2.75) is 26.6 Å². The molecule has 0 amide bonds. The van der Waals surface area contributed by atoms with E-state index in [4.69, 9.17) is 14.0 Å². The van der Waals surface area contributed by atoms with Crippen molar-refractivity contribution < 1.29 is 23.6 Å². The summed E-state index contributed by atoms with van der Waals surface area (Å²) in [6.07, 6.45) is 1.25. The highest BCUT2D eigenvalue weighted by atomic mass is 16.7. The highest BCUT2D eigenvalue weighted by Crippen LogP contribution is 2.29. The second-order valence-corrected chi connectivity index (χ2v) is 7.22. The maximum Gasteiger partial charge on any atom is 0.350 e. The van der Waals surface area contributed by atoms with Crippen molar-refractivity contribution in [2.75, 3.05) is 5.32 Å². The fraction of sp³-hybridized carbons (Fsp3) is 0.182. The van der Waals surface area contributed by atoms with Crippen LogP contribution in [0.5, 0.6) is 0 Å². The maximum atomic E-state index is 12.1. The van der Waals surface area contributed by atoms with Gasteiger partial charge in [0.05, 0.1) is 11.3 Å². The van der Waals surface area contributed by atoms with E-state index in [1.54, 1.807) is 18.2 Å². The maximum absolute atomic E-state index is 12.1. The number of para-hydroxylation sites is 1. The molecule has 8 heteroatoms. The van der Waals surface area contributed by atoms with Crippen LogP contribution in [0, 0.1) is 6.92 Å². The summed E-state index contributed by atoms with van der Waals surface area (Å²) in [5, 5.41) is 6.99. The quantitative estimate of drug-likeness (QED) is 0.397. The van der Waals surface area contributed by atoms with Gasteiger partial charge in [-0.15, -0.1) is 0 Å². The van der Waals surface area contributed by atoms with E-state index in [-0.39, 0.29) is 5.57 Å². The molecule has 1 saturated heterocycles. The topological polar surface area (TPSA) is 104 Å². The largest absolute Gasteiger partial charge is 0.419 e. The van der Waals surface area contributed by atoms with Gasteiger partial charge in [-0.1, -0.05) is 41.1 Å². The molecule has 2 aromatic carbocycles. The third-order valence-corrected chi connectivity index (χ3v) is 4.35. The summed E-state index contributed by atoms with van der Waals surface area (Å²) in [5.41, 5.74) is 2.86. The number of anilines is 1. The number of carbonyl (C=O) groups is 2. The lowest BCUT2D eigenvalue weighted by Crippen LogP contribution is -2.42. The Bertz CT molecular complexity index is 1140. The zero-order valence-corrected chi connectivity index (χ0v) is 16.6. The van der Waals surface area contributed by atoms with Crippen LogP contribution in [0.25, 0.3) is 22.8 Å². The number of esters is 2. The Morgan fingerprint density at radius 1 is 1.00 bits per heavy atom. The molecular formula is C22H19N3O5. The Morgan fingerprint density at radius 2 is 1.73 bits per heavy atom. The van der Waals surface area contributed by atoms with Crippen molar-refractivity contribution in [3.8, 4) is 22.8 Å². The predicted octanol–water partition coefficient (Wildman–Crippen LogP) is 3.84. The van der Waals surface area contributed by atoms with Gasteiger partial charge >= 0.3 is 11.9 Å². The molecule has 0 atom stereocenters. The lowest BCUT2D eigenvalue weighted by atomic mass is 10.1. The number of nitrogens with zero attached hydrogens (tertiary/aromatic N) is 2. The molecule has 2 heterocycles. The summed E-state index contributed by atoms with van der Waals surface area (Å²) in [6.45, 7) is 4.97. The minimum Gasteiger partial charge on any atom is -0.419 e. The third kappa shape index (κ3) is 3.93. The number of cyclic esters (lactones) is 2. The number of aromatic nitrogens is 2. The van der Waals surface area contributed by atoms with Gasteiger partial charge in [0, 0.05) is 25.6 Å². The summed E-state index contributed by atoms with van der Waals surface area (Å²) in [5.74, 6) is -2.06. The Morgan fingerprint density at radius 3 is 2.47 bits per heavy atom. The molecule has 30 heavy (non-hydrogen) atoms. The van der Waals surface area contributed by atoms with Gasteiger partial charge in [0.15, 0.2) is 5.57 Å². The van der Waals surface area contributed by atoms with Crippen LogP contribution in [0.2, 0.25) is 0 Å². The van der Waals surface area contributed by atoms with E-state index in [9.17, 15) is 9.59 Å². The van der Waals surface area contributed by atoms with Crippen molar-refractivity contribution in [3.63, 3.8) is 0 Å². The molecule has 1 aliphatic rings. The molecule has 1 N–H and O–H groups in total. The predicted molar refractivity (Wildman–Crippen MR) is 108 cm³/mol. The van der Waals surface area contributed by atoms with Crippen LogP contribution >= 0.6 is 0 Å². The van der Waals surface area contributed by atoms with Crippen molar-refractivity contribution in [1.29, 1.82) is 0 Å².